The summed E-state index contributed by atoms with van der Waals surface area (Å²) in [7, 11) is 1.52. The summed E-state index contributed by atoms with van der Waals surface area (Å²) >= 11 is 11.8. The van der Waals surface area contributed by atoms with Crippen LogP contribution in [0, 0.1) is 0 Å². The molecule has 0 saturated carbocycles. The number of fused-ring (bicyclic) bond motifs is 1. The van der Waals surface area contributed by atoms with E-state index in [9.17, 15) is 19.2 Å². The van der Waals surface area contributed by atoms with Gasteiger partial charge in [-0.25, -0.2) is 4.79 Å². The van der Waals surface area contributed by atoms with Crippen LogP contribution in [0.3, 0.4) is 0 Å². The number of carbonyl (C=O) groups excluding carboxylic acids is 3. The van der Waals surface area contributed by atoms with Gasteiger partial charge >= 0.3 is 5.97 Å². The number of hydrogen-bond donors (Lipinski definition) is 2. The molecule has 2 amide bonds. The molecule has 1 aliphatic rings. The largest absolute Gasteiger partial charge is 0.478 e. The molecule has 0 aliphatic carbocycles. The van der Waals surface area contributed by atoms with Crippen molar-refractivity contribution >= 4 is 58.5 Å². The first-order chi connectivity index (χ1) is 16.1. The molecular formula is C24H17Cl2N3O5. The number of anilines is 1. The number of nitrogens with zero attached hydrogens (tertiary/aromatic N) is 2. The minimum Gasteiger partial charge on any atom is -0.478 e. The first-order valence-electron chi connectivity index (χ1n) is 9.67. The van der Waals surface area contributed by atoms with Gasteiger partial charge in [0.1, 0.15) is 0 Å². The molecule has 4 rings (SSSR count). The van der Waals surface area contributed by atoms with Gasteiger partial charge in [0.25, 0.3) is 5.91 Å². The van der Waals surface area contributed by atoms with Gasteiger partial charge in [0.2, 0.25) is 11.7 Å². The molecular weight excluding hydrogens is 481 g/mol. The number of amides is 2. The Bertz CT molecular complexity index is 1340. The Morgan fingerprint density at radius 3 is 2.32 bits per heavy atom. The van der Waals surface area contributed by atoms with Gasteiger partial charge in [0, 0.05) is 25.0 Å². The van der Waals surface area contributed by atoms with E-state index in [1.165, 1.54) is 42.4 Å². The lowest BCUT2D eigenvalue weighted by atomic mass is 9.92. The quantitative estimate of drug-likeness (QED) is 0.413. The number of hydrogen-bond acceptors (Lipinski definition) is 5. The van der Waals surface area contributed by atoms with Crippen LogP contribution in [0.2, 0.25) is 10.0 Å². The third-order valence-corrected chi connectivity index (χ3v) is 5.57. The zero-order chi connectivity index (χ0) is 25.0. The molecule has 34 heavy (non-hydrogen) atoms. The minimum absolute atomic E-state index is 0.0243. The molecule has 0 bridgehead atoms. The smallest absolute Gasteiger partial charge is 0.335 e. The Kier molecular flexibility index (Phi) is 7.45. The van der Waals surface area contributed by atoms with Gasteiger partial charge in [-0.1, -0.05) is 29.3 Å². The average molecular weight is 498 g/mol. The highest BCUT2D eigenvalue weighted by atomic mass is 35.5. The lowest BCUT2D eigenvalue weighted by molar-refractivity contribution is -0.114. The third kappa shape index (κ3) is 5.31. The number of aromatic carboxylic acids is 1. The van der Waals surface area contributed by atoms with Gasteiger partial charge < -0.3 is 15.7 Å². The number of likely N-dealkylation sites (N-methyl/N-ethyl adjacent to an activating group) is 1. The molecule has 3 aromatic rings. The van der Waals surface area contributed by atoms with Crippen molar-refractivity contribution in [2.75, 3.05) is 11.9 Å². The van der Waals surface area contributed by atoms with E-state index in [0.29, 0.717) is 26.9 Å². The molecule has 3 N–H and O–H groups in total. The number of carboxylic acid groups (broad SMARTS) is 1. The lowest BCUT2D eigenvalue weighted by Crippen LogP contribution is -2.36. The summed E-state index contributed by atoms with van der Waals surface area (Å²) in [5, 5.41) is 9.77. The molecule has 2 aromatic carbocycles. The number of aromatic nitrogens is 1. The van der Waals surface area contributed by atoms with E-state index in [4.69, 9.17) is 34.0 Å². The molecule has 0 radical (unpaired) electrons. The number of ketones is 1. The van der Waals surface area contributed by atoms with Gasteiger partial charge in [-0.05, 0) is 54.1 Å². The van der Waals surface area contributed by atoms with E-state index in [-0.39, 0.29) is 16.7 Å². The van der Waals surface area contributed by atoms with Crippen LogP contribution in [-0.4, -0.2) is 40.7 Å². The Labute approximate surface area is 204 Å². The Morgan fingerprint density at radius 2 is 1.76 bits per heavy atom. The van der Waals surface area contributed by atoms with Crippen molar-refractivity contribution in [3.8, 4) is 0 Å². The standard InChI is InChI=1S/C18H11Cl2NO4.C6H6N2O/c1-21-15-5-3-10(18(24)25)8-11(15)16(22)12(17(21)23)6-9-2-4-13(19)14(20)7-9;7-6(9)5-2-1-3-8-4-5/h2-8H,1H3,(H,24,25);1-4H,(H2,7,9)/b12-6+;. The minimum atomic E-state index is -1.15. The fraction of sp³-hybridized carbons (Fsp3) is 0.0417. The van der Waals surface area contributed by atoms with Crippen LogP contribution >= 0.6 is 23.2 Å². The Hall–Kier alpha value is -4.01. The Morgan fingerprint density at radius 1 is 1.03 bits per heavy atom. The number of carboxylic acids is 1. The van der Waals surface area contributed by atoms with Crippen molar-refractivity contribution in [3.63, 3.8) is 0 Å². The van der Waals surface area contributed by atoms with Crippen LogP contribution in [0.25, 0.3) is 6.08 Å². The molecule has 172 valence electrons. The molecule has 0 atom stereocenters. The van der Waals surface area contributed by atoms with E-state index < -0.39 is 23.6 Å². The maximum absolute atomic E-state index is 12.7. The van der Waals surface area contributed by atoms with E-state index in [1.54, 1.807) is 36.5 Å². The van der Waals surface area contributed by atoms with Crippen molar-refractivity contribution in [1.29, 1.82) is 0 Å². The van der Waals surface area contributed by atoms with Crippen LogP contribution in [-0.2, 0) is 4.79 Å². The molecule has 10 heteroatoms. The number of carbonyl (C=O) groups is 4. The van der Waals surface area contributed by atoms with E-state index in [1.807, 2.05) is 0 Å². The van der Waals surface area contributed by atoms with Crippen LogP contribution in [0.5, 0.6) is 0 Å². The van der Waals surface area contributed by atoms with E-state index >= 15 is 0 Å². The summed E-state index contributed by atoms with van der Waals surface area (Å²) in [6.45, 7) is 0. The summed E-state index contributed by atoms with van der Waals surface area (Å²) in [6.07, 6.45) is 4.44. The SMILES string of the molecule is CN1C(=O)/C(=C/c2ccc(Cl)c(Cl)c2)C(=O)c2cc(C(=O)O)ccc21.NC(=O)c1cccnc1. The highest BCUT2D eigenvalue weighted by molar-refractivity contribution is 6.42. The zero-order valence-corrected chi connectivity index (χ0v) is 19.2. The maximum atomic E-state index is 12.7. The summed E-state index contributed by atoms with van der Waals surface area (Å²) in [6, 6.07) is 12.1. The average Bonchev–Trinajstić information content (AvgIpc) is 2.83. The summed E-state index contributed by atoms with van der Waals surface area (Å²) in [5.41, 5.74) is 6.35. The predicted molar refractivity (Wildman–Crippen MR) is 128 cm³/mol. The van der Waals surface area contributed by atoms with Gasteiger partial charge in [-0.3, -0.25) is 19.4 Å². The van der Waals surface area contributed by atoms with Crippen molar-refractivity contribution in [2.24, 2.45) is 5.73 Å². The number of halogens is 2. The normalized spacial score (nSPS) is 13.7. The number of Topliss-reactive ketones (excluding diaryl/α,β-unsaturated/α-hetero) is 1. The lowest BCUT2D eigenvalue weighted by Gasteiger charge is -2.26. The number of primary amides is 1. The molecule has 0 spiro atoms. The van der Waals surface area contributed by atoms with E-state index in [2.05, 4.69) is 4.98 Å². The monoisotopic (exact) mass is 497 g/mol. The molecule has 1 aromatic heterocycles. The second-order valence-electron chi connectivity index (χ2n) is 7.07. The number of nitrogens with two attached hydrogens (primary N) is 1. The van der Waals surface area contributed by atoms with Crippen molar-refractivity contribution in [1.82, 2.24) is 4.98 Å². The highest BCUT2D eigenvalue weighted by Crippen LogP contribution is 2.32. The fourth-order valence-electron chi connectivity index (χ4n) is 3.08. The predicted octanol–water partition coefficient (Wildman–Crippen LogP) is 4.11. The maximum Gasteiger partial charge on any atom is 0.335 e. The molecule has 0 fully saturated rings. The van der Waals surface area contributed by atoms with Gasteiger partial charge in [-0.2, -0.15) is 0 Å². The summed E-state index contributed by atoms with van der Waals surface area (Å²) in [5.74, 6) is -2.60. The number of pyridine rings is 1. The van der Waals surface area contributed by atoms with Gasteiger partial charge in [-0.15, -0.1) is 0 Å². The molecule has 1 aliphatic heterocycles. The second kappa shape index (κ2) is 10.3. The van der Waals surface area contributed by atoms with Crippen molar-refractivity contribution in [3.05, 3.63) is 98.8 Å². The second-order valence-corrected chi connectivity index (χ2v) is 7.88. The third-order valence-electron chi connectivity index (χ3n) is 4.83. The summed E-state index contributed by atoms with van der Waals surface area (Å²) in [4.78, 5) is 51.8. The van der Waals surface area contributed by atoms with Crippen LogP contribution in [0.15, 0.2) is 66.5 Å². The molecule has 0 saturated heterocycles. The van der Waals surface area contributed by atoms with Crippen LogP contribution in [0.4, 0.5) is 5.69 Å². The summed E-state index contributed by atoms with van der Waals surface area (Å²) < 4.78 is 0. The van der Waals surface area contributed by atoms with Crippen LogP contribution in [0.1, 0.15) is 36.6 Å². The topological polar surface area (TPSA) is 131 Å². The zero-order valence-electron chi connectivity index (χ0n) is 17.7. The van der Waals surface area contributed by atoms with E-state index in [0.717, 1.165) is 0 Å². The van der Waals surface area contributed by atoms with Crippen molar-refractivity contribution in [2.45, 2.75) is 0 Å². The molecule has 8 nitrogen and oxygen atoms in total. The fourth-order valence-corrected chi connectivity index (χ4v) is 3.39. The molecule has 2 heterocycles. The Balaban J connectivity index is 0.000000302. The van der Waals surface area contributed by atoms with Gasteiger partial charge in [0.05, 0.1) is 32.4 Å². The molecule has 0 unspecified atom stereocenters. The van der Waals surface area contributed by atoms with Crippen LogP contribution < -0.4 is 10.6 Å². The number of benzene rings is 2. The van der Waals surface area contributed by atoms with Gasteiger partial charge in [0.15, 0.2) is 0 Å². The van der Waals surface area contributed by atoms with Crippen molar-refractivity contribution < 1.29 is 24.3 Å². The highest BCUT2D eigenvalue weighted by Gasteiger charge is 2.33. The first kappa shape index (κ1) is 24.6. The first-order valence-corrected chi connectivity index (χ1v) is 10.4. The number of rotatable bonds is 3.